The van der Waals surface area contributed by atoms with Crippen LogP contribution in [0.3, 0.4) is 0 Å². The lowest BCUT2D eigenvalue weighted by atomic mass is 10.2. The molecular formula is C15H17N3O2S. The van der Waals surface area contributed by atoms with Crippen molar-refractivity contribution in [1.82, 2.24) is 9.97 Å². The first kappa shape index (κ1) is 13.9. The monoisotopic (exact) mass is 303 g/mol. The van der Waals surface area contributed by atoms with Gasteiger partial charge in [0.15, 0.2) is 11.5 Å². The van der Waals surface area contributed by atoms with Crippen LogP contribution in [0.5, 0.6) is 11.5 Å². The van der Waals surface area contributed by atoms with E-state index in [0.717, 1.165) is 41.5 Å². The Balaban J connectivity index is 1.71. The molecule has 0 radical (unpaired) electrons. The number of nitrogens with one attached hydrogen (secondary N) is 2. The van der Waals surface area contributed by atoms with Crippen molar-refractivity contribution in [2.24, 2.45) is 0 Å². The van der Waals surface area contributed by atoms with Gasteiger partial charge in [-0.05, 0) is 24.1 Å². The van der Waals surface area contributed by atoms with E-state index >= 15 is 0 Å². The van der Waals surface area contributed by atoms with Gasteiger partial charge in [0.05, 0.1) is 0 Å². The Labute approximate surface area is 128 Å². The first-order valence-electron chi connectivity index (χ1n) is 6.97. The van der Waals surface area contributed by atoms with Gasteiger partial charge in [0.1, 0.15) is 16.3 Å². The number of aromatic amines is 1. The van der Waals surface area contributed by atoms with Crippen molar-refractivity contribution in [3.05, 3.63) is 40.3 Å². The number of aromatic nitrogens is 2. The molecule has 2 N–H and O–H groups in total. The lowest BCUT2D eigenvalue weighted by Gasteiger charge is -2.09. The number of aryl methyl sites for hydroxylation is 1. The number of anilines is 1. The molecule has 0 bridgehead atoms. The molecule has 1 aliphatic rings. The summed E-state index contributed by atoms with van der Waals surface area (Å²) in [5.74, 6) is 3.39. The van der Waals surface area contributed by atoms with Crippen molar-refractivity contribution in [3.63, 3.8) is 0 Å². The summed E-state index contributed by atoms with van der Waals surface area (Å²) in [5.41, 5.74) is 1.12. The molecule has 1 aromatic carbocycles. The van der Waals surface area contributed by atoms with E-state index in [4.69, 9.17) is 21.7 Å². The average Bonchev–Trinajstić information content (AvgIpc) is 2.92. The molecule has 0 aliphatic carbocycles. The highest BCUT2D eigenvalue weighted by Crippen LogP contribution is 2.32. The molecule has 0 spiro atoms. The maximum Gasteiger partial charge on any atom is 0.231 e. The first-order chi connectivity index (χ1) is 10.2. The second kappa shape index (κ2) is 6.13. The van der Waals surface area contributed by atoms with E-state index < -0.39 is 0 Å². The number of ether oxygens (including phenoxy) is 2. The number of nitrogens with zero attached hydrogens (tertiary/aromatic N) is 1. The Hall–Kier alpha value is -2.08. The van der Waals surface area contributed by atoms with Gasteiger partial charge in [0.25, 0.3) is 0 Å². The number of fused-ring (bicyclic) bond motifs is 1. The average molecular weight is 303 g/mol. The highest BCUT2D eigenvalue weighted by molar-refractivity contribution is 7.71. The minimum absolute atomic E-state index is 0.296. The van der Waals surface area contributed by atoms with Crippen LogP contribution in [0.2, 0.25) is 0 Å². The molecule has 6 heteroatoms. The van der Waals surface area contributed by atoms with Crippen molar-refractivity contribution < 1.29 is 9.47 Å². The van der Waals surface area contributed by atoms with Crippen molar-refractivity contribution in [1.29, 1.82) is 0 Å². The fraction of sp³-hybridized carbons (Fsp3) is 0.333. The molecule has 0 saturated heterocycles. The topological polar surface area (TPSA) is 59.2 Å². The van der Waals surface area contributed by atoms with E-state index in [1.54, 1.807) is 0 Å². The number of rotatable bonds is 5. The summed E-state index contributed by atoms with van der Waals surface area (Å²) in [6, 6.07) is 7.76. The molecule has 0 unspecified atom stereocenters. The number of hydrogen-bond donors (Lipinski definition) is 2. The van der Waals surface area contributed by atoms with Crippen molar-refractivity contribution in [3.8, 4) is 11.5 Å². The summed E-state index contributed by atoms with van der Waals surface area (Å²) < 4.78 is 11.3. The highest BCUT2D eigenvalue weighted by Gasteiger charge is 2.12. The van der Waals surface area contributed by atoms with E-state index in [9.17, 15) is 0 Å². The minimum Gasteiger partial charge on any atom is -0.454 e. The summed E-state index contributed by atoms with van der Waals surface area (Å²) in [5, 5.41) is 3.33. The van der Waals surface area contributed by atoms with Crippen molar-refractivity contribution in [2.75, 3.05) is 12.1 Å². The Morgan fingerprint density at radius 1 is 1.29 bits per heavy atom. The molecular weight excluding hydrogens is 286 g/mol. The molecule has 1 aromatic heterocycles. The maximum absolute atomic E-state index is 5.38. The van der Waals surface area contributed by atoms with E-state index in [0.29, 0.717) is 18.0 Å². The quantitative estimate of drug-likeness (QED) is 0.829. The molecule has 2 aromatic rings. The van der Waals surface area contributed by atoms with Crippen LogP contribution >= 0.6 is 12.2 Å². The van der Waals surface area contributed by atoms with Gasteiger partial charge in [-0.25, -0.2) is 4.98 Å². The van der Waals surface area contributed by atoms with E-state index in [1.807, 2.05) is 24.3 Å². The van der Waals surface area contributed by atoms with Crippen LogP contribution in [0.25, 0.3) is 0 Å². The van der Waals surface area contributed by atoms with Gasteiger partial charge in [-0.15, -0.1) is 0 Å². The second-order valence-electron chi connectivity index (χ2n) is 4.87. The second-order valence-corrected chi connectivity index (χ2v) is 5.29. The maximum atomic E-state index is 5.38. The van der Waals surface area contributed by atoms with Crippen LogP contribution in [-0.2, 0) is 13.0 Å². The fourth-order valence-corrected chi connectivity index (χ4v) is 2.43. The number of benzene rings is 1. The Kier molecular flexibility index (Phi) is 4.06. The molecule has 110 valence electrons. The van der Waals surface area contributed by atoms with E-state index in [1.165, 1.54) is 0 Å². The molecule has 3 rings (SSSR count). The van der Waals surface area contributed by atoms with Gasteiger partial charge < -0.3 is 19.8 Å². The van der Waals surface area contributed by atoms with E-state index in [-0.39, 0.29) is 0 Å². The summed E-state index contributed by atoms with van der Waals surface area (Å²) in [6.07, 6.45) is 1.92. The zero-order chi connectivity index (χ0) is 14.7. The molecule has 0 fully saturated rings. The summed E-state index contributed by atoms with van der Waals surface area (Å²) in [6.45, 7) is 3.09. The van der Waals surface area contributed by atoms with Gasteiger partial charge in [-0.1, -0.05) is 25.2 Å². The van der Waals surface area contributed by atoms with Crippen LogP contribution < -0.4 is 14.8 Å². The Morgan fingerprint density at radius 3 is 3.00 bits per heavy atom. The van der Waals surface area contributed by atoms with Gasteiger partial charge >= 0.3 is 0 Å². The molecule has 2 heterocycles. The molecule has 1 aliphatic heterocycles. The molecule has 21 heavy (non-hydrogen) atoms. The highest BCUT2D eigenvalue weighted by atomic mass is 32.1. The SMILES string of the molecule is CCCc1nc(=S)cc(NCc2ccc3c(c2)OCO3)[nH]1. The zero-order valence-electron chi connectivity index (χ0n) is 11.8. The van der Waals surface area contributed by atoms with Crippen molar-refractivity contribution in [2.45, 2.75) is 26.3 Å². The van der Waals surface area contributed by atoms with Crippen LogP contribution in [0.4, 0.5) is 5.82 Å². The third-order valence-corrected chi connectivity index (χ3v) is 3.41. The third-order valence-electron chi connectivity index (χ3n) is 3.20. The van der Waals surface area contributed by atoms with Gasteiger partial charge in [0, 0.05) is 19.0 Å². The van der Waals surface area contributed by atoms with Gasteiger partial charge in [-0.2, -0.15) is 0 Å². The van der Waals surface area contributed by atoms with Crippen LogP contribution in [0.1, 0.15) is 24.7 Å². The minimum atomic E-state index is 0.296. The summed E-state index contributed by atoms with van der Waals surface area (Å²) >= 11 is 5.19. The molecule has 0 amide bonds. The third kappa shape index (κ3) is 3.33. The smallest absolute Gasteiger partial charge is 0.231 e. The predicted molar refractivity (Wildman–Crippen MR) is 83.3 cm³/mol. The lowest BCUT2D eigenvalue weighted by Crippen LogP contribution is -2.04. The van der Waals surface area contributed by atoms with Crippen molar-refractivity contribution >= 4 is 18.0 Å². The van der Waals surface area contributed by atoms with E-state index in [2.05, 4.69) is 22.2 Å². The zero-order valence-corrected chi connectivity index (χ0v) is 12.6. The largest absolute Gasteiger partial charge is 0.454 e. The first-order valence-corrected chi connectivity index (χ1v) is 7.38. The van der Waals surface area contributed by atoms with Crippen LogP contribution in [0, 0.1) is 4.64 Å². The van der Waals surface area contributed by atoms with Crippen LogP contribution in [0.15, 0.2) is 24.3 Å². The molecule has 5 nitrogen and oxygen atoms in total. The normalized spacial score (nSPS) is 12.4. The summed E-state index contributed by atoms with van der Waals surface area (Å²) in [7, 11) is 0. The fourth-order valence-electron chi connectivity index (χ4n) is 2.21. The van der Waals surface area contributed by atoms with Crippen LogP contribution in [-0.4, -0.2) is 16.8 Å². The number of hydrogen-bond acceptors (Lipinski definition) is 5. The molecule has 0 atom stereocenters. The van der Waals surface area contributed by atoms with Gasteiger partial charge in [-0.3, -0.25) is 0 Å². The Morgan fingerprint density at radius 2 is 2.14 bits per heavy atom. The standard InChI is InChI=1S/C15H17N3O2S/c1-2-3-13-17-14(7-15(21)18-13)16-8-10-4-5-11-12(6-10)20-9-19-11/h4-7H,2-3,8-9H2,1H3,(H2,16,17,18,21). The number of H-pyrrole nitrogens is 1. The van der Waals surface area contributed by atoms with Gasteiger partial charge in [0.2, 0.25) is 6.79 Å². The predicted octanol–water partition coefficient (Wildman–Crippen LogP) is 3.43. The summed E-state index contributed by atoms with van der Waals surface area (Å²) in [4.78, 5) is 7.57. The lowest BCUT2D eigenvalue weighted by molar-refractivity contribution is 0.174. The molecule has 0 saturated carbocycles. The Bertz CT molecular complexity index is 700.